The predicted octanol–water partition coefficient (Wildman–Crippen LogP) is 3.32. The number of pyridine rings is 1. The zero-order valence-electron chi connectivity index (χ0n) is 13.3. The Morgan fingerprint density at radius 2 is 2.00 bits per heavy atom. The molecule has 0 aromatic carbocycles. The molecule has 0 saturated heterocycles. The minimum absolute atomic E-state index is 0.0806. The fourth-order valence-electron chi connectivity index (χ4n) is 2.99. The minimum Gasteiger partial charge on any atom is -0.321 e. The van der Waals surface area contributed by atoms with Crippen LogP contribution >= 0.6 is 0 Å². The molecule has 0 spiro atoms. The highest BCUT2D eigenvalue weighted by molar-refractivity contribution is 5.72. The van der Waals surface area contributed by atoms with Crippen LogP contribution in [0.25, 0.3) is 17.1 Å². The lowest BCUT2D eigenvalue weighted by atomic mass is 9.88. The zero-order valence-corrected chi connectivity index (χ0v) is 13.3. The third-order valence-electron chi connectivity index (χ3n) is 4.39. The lowest BCUT2D eigenvalue weighted by Crippen LogP contribution is -2.11. The topological polar surface area (TPSA) is 59.4 Å². The highest BCUT2D eigenvalue weighted by Crippen LogP contribution is 2.25. The molecule has 1 aliphatic rings. The van der Waals surface area contributed by atoms with Gasteiger partial charge in [-0.05, 0) is 48.3 Å². The fourth-order valence-corrected chi connectivity index (χ4v) is 2.99. The molecule has 4 rings (SSSR count). The Labute approximate surface area is 129 Å². The second-order valence-electron chi connectivity index (χ2n) is 7.16. The maximum Gasteiger partial charge on any atom is 0.230 e. The Morgan fingerprint density at radius 3 is 2.77 bits per heavy atom. The quantitative estimate of drug-likeness (QED) is 0.749. The molecule has 5 heteroatoms. The van der Waals surface area contributed by atoms with Gasteiger partial charge in [0.05, 0.1) is 11.2 Å². The highest BCUT2D eigenvalue weighted by Gasteiger charge is 2.18. The van der Waals surface area contributed by atoms with E-state index in [0.29, 0.717) is 0 Å². The molecule has 5 nitrogen and oxygen atoms in total. The number of aromatic nitrogens is 5. The van der Waals surface area contributed by atoms with E-state index in [4.69, 9.17) is 0 Å². The molecule has 114 valence electrons. The summed E-state index contributed by atoms with van der Waals surface area (Å²) < 4.78 is 1.87. The molecule has 0 radical (unpaired) electrons. The molecular weight excluding hydrogens is 274 g/mol. The first kappa shape index (κ1) is 13.5. The first-order valence-electron chi connectivity index (χ1n) is 7.95. The summed E-state index contributed by atoms with van der Waals surface area (Å²) in [7, 11) is 0. The first-order valence-corrected chi connectivity index (χ1v) is 7.95. The third kappa shape index (κ3) is 2.21. The summed E-state index contributed by atoms with van der Waals surface area (Å²) in [6.45, 7) is 6.57. The molecule has 0 atom stereocenters. The Bertz CT molecular complexity index is 811. The van der Waals surface area contributed by atoms with E-state index in [2.05, 4.69) is 53.1 Å². The van der Waals surface area contributed by atoms with Crippen LogP contribution in [0.3, 0.4) is 0 Å². The summed E-state index contributed by atoms with van der Waals surface area (Å²) in [5.41, 5.74) is 5.57. The van der Waals surface area contributed by atoms with Gasteiger partial charge in [-0.25, -0.2) is 9.67 Å². The summed E-state index contributed by atoms with van der Waals surface area (Å²) in [5.74, 6) is 0.753. The summed E-state index contributed by atoms with van der Waals surface area (Å²) in [6.07, 6.45) is 8.73. The number of nitrogens with one attached hydrogen (secondary N) is 1. The molecule has 0 fully saturated rings. The number of imidazole rings is 1. The van der Waals surface area contributed by atoms with E-state index in [1.165, 1.54) is 29.7 Å². The Hall–Kier alpha value is -2.17. The molecule has 0 saturated carbocycles. The van der Waals surface area contributed by atoms with Crippen LogP contribution < -0.4 is 0 Å². The number of H-pyrrole nitrogens is 1. The van der Waals surface area contributed by atoms with E-state index in [0.717, 1.165) is 30.0 Å². The van der Waals surface area contributed by atoms with Crippen LogP contribution in [0.2, 0.25) is 0 Å². The largest absolute Gasteiger partial charge is 0.321 e. The van der Waals surface area contributed by atoms with Gasteiger partial charge in [-0.3, -0.25) is 0 Å². The van der Waals surface area contributed by atoms with E-state index in [9.17, 15) is 0 Å². The lowest BCUT2D eigenvalue weighted by Gasteiger charge is -2.17. The van der Waals surface area contributed by atoms with Gasteiger partial charge >= 0.3 is 0 Å². The van der Waals surface area contributed by atoms with Crippen molar-refractivity contribution in [3.63, 3.8) is 0 Å². The molecule has 3 aromatic rings. The standard InChI is InChI=1S/C17H21N5/c1-17(2,3)12-8-14-15(18-9-12)20-16(19-14)22-10-11-6-4-5-7-13(11)21-22/h8-10H,4-7H2,1-3H3,(H,18,19,20). The van der Waals surface area contributed by atoms with Crippen LogP contribution in [0, 0.1) is 0 Å². The molecule has 0 unspecified atom stereocenters. The zero-order chi connectivity index (χ0) is 15.3. The van der Waals surface area contributed by atoms with Crippen molar-refractivity contribution in [3.05, 3.63) is 35.3 Å². The van der Waals surface area contributed by atoms with Crippen molar-refractivity contribution in [2.45, 2.75) is 51.9 Å². The van der Waals surface area contributed by atoms with Crippen molar-refractivity contribution < 1.29 is 0 Å². The smallest absolute Gasteiger partial charge is 0.230 e. The third-order valence-corrected chi connectivity index (χ3v) is 4.39. The van der Waals surface area contributed by atoms with Crippen molar-refractivity contribution in [2.24, 2.45) is 0 Å². The van der Waals surface area contributed by atoms with Crippen molar-refractivity contribution >= 4 is 11.2 Å². The Morgan fingerprint density at radius 1 is 1.18 bits per heavy atom. The monoisotopic (exact) mass is 295 g/mol. The van der Waals surface area contributed by atoms with Crippen molar-refractivity contribution in [2.75, 3.05) is 0 Å². The lowest BCUT2D eigenvalue weighted by molar-refractivity contribution is 0.588. The van der Waals surface area contributed by atoms with E-state index >= 15 is 0 Å². The van der Waals surface area contributed by atoms with Gasteiger partial charge in [-0.1, -0.05) is 20.8 Å². The van der Waals surface area contributed by atoms with Crippen LogP contribution in [0.5, 0.6) is 0 Å². The Balaban J connectivity index is 1.77. The van der Waals surface area contributed by atoms with Crippen LogP contribution in [-0.4, -0.2) is 24.7 Å². The molecule has 0 bridgehead atoms. The van der Waals surface area contributed by atoms with Gasteiger partial charge in [0.25, 0.3) is 0 Å². The fraction of sp³-hybridized carbons (Fsp3) is 0.471. The van der Waals surface area contributed by atoms with Gasteiger partial charge in [0, 0.05) is 12.4 Å². The van der Waals surface area contributed by atoms with Crippen molar-refractivity contribution in [1.82, 2.24) is 24.7 Å². The van der Waals surface area contributed by atoms with E-state index in [1.54, 1.807) is 0 Å². The number of rotatable bonds is 1. The minimum atomic E-state index is 0.0806. The predicted molar refractivity (Wildman–Crippen MR) is 86.4 cm³/mol. The number of aromatic amines is 1. The van der Waals surface area contributed by atoms with Gasteiger partial charge in [-0.2, -0.15) is 10.1 Å². The summed E-state index contributed by atoms with van der Waals surface area (Å²) >= 11 is 0. The van der Waals surface area contributed by atoms with Crippen LogP contribution in [0.15, 0.2) is 18.5 Å². The second-order valence-corrected chi connectivity index (χ2v) is 7.16. The molecule has 3 aromatic heterocycles. The van der Waals surface area contributed by atoms with E-state index < -0.39 is 0 Å². The average Bonchev–Trinajstić information content (AvgIpc) is 3.08. The molecule has 0 aliphatic heterocycles. The van der Waals surface area contributed by atoms with Crippen molar-refractivity contribution in [1.29, 1.82) is 0 Å². The van der Waals surface area contributed by atoms with E-state index in [-0.39, 0.29) is 5.41 Å². The Kier molecular flexibility index (Phi) is 2.86. The van der Waals surface area contributed by atoms with Crippen molar-refractivity contribution in [3.8, 4) is 5.95 Å². The summed E-state index contributed by atoms with van der Waals surface area (Å²) in [6, 6.07) is 2.14. The van der Waals surface area contributed by atoms with Gasteiger partial charge in [0.15, 0.2) is 5.65 Å². The summed E-state index contributed by atoms with van der Waals surface area (Å²) in [5, 5.41) is 4.68. The average molecular weight is 295 g/mol. The maximum atomic E-state index is 4.68. The normalized spacial score (nSPS) is 15.2. The van der Waals surface area contributed by atoms with E-state index in [1.807, 2.05) is 10.9 Å². The van der Waals surface area contributed by atoms with Gasteiger partial charge < -0.3 is 4.98 Å². The summed E-state index contributed by atoms with van der Waals surface area (Å²) in [4.78, 5) is 12.4. The van der Waals surface area contributed by atoms with Crippen LogP contribution in [0.4, 0.5) is 0 Å². The molecule has 1 aliphatic carbocycles. The number of hydrogen-bond acceptors (Lipinski definition) is 3. The van der Waals surface area contributed by atoms with Gasteiger partial charge in [-0.15, -0.1) is 0 Å². The van der Waals surface area contributed by atoms with Crippen LogP contribution in [-0.2, 0) is 18.3 Å². The molecule has 22 heavy (non-hydrogen) atoms. The molecule has 1 N–H and O–H groups in total. The van der Waals surface area contributed by atoms with Gasteiger partial charge in [0.1, 0.15) is 0 Å². The number of aryl methyl sites for hydroxylation is 2. The SMILES string of the molecule is CC(C)(C)c1cnc2nc(-n3cc4c(n3)CCCC4)[nH]c2c1. The highest BCUT2D eigenvalue weighted by atomic mass is 15.4. The van der Waals surface area contributed by atoms with Gasteiger partial charge in [0.2, 0.25) is 5.95 Å². The molecule has 0 amide bonds. The molecular formula is C17H21N5. The maximum absolute atomic E-state index is 4.68. The number of hydrogen-bond donors (Lipinski definition) is 1. The number of fused-ring (bicyclic) bond motifs is 2. The number of nitrogens with zero attached hydrogens (tertiary/aromatic N) is 4. The second kappa shape index (κ2) is 4.66. The van der Waals surface area contributed by atoms with Crippen LogP contribution in [0.1, 0.15) is 50.4 Å². The first-order chi connectivity index (χ1) is 10.5. The molecule has 3 heterocycles.